The number of amides is 2. The van der Waals surface area contributed by atoms with Gasteiger partial charge in [-0.2, -0.15) is 0 Å². The molecule has 0 radical (unpaired) electrons. The predicted octanol–water partition coefficient (Wildman–Crippen LogP) is 0.349. The Labute approximate surface area is 143 Å². The van der Waals surface area contributed by atoms with E-state index in [9.17, 15) is 19.5 Å². The number of allylic oxidation sites excluding steroid dienone is 3. The number of carbonyl (C=O) groups is 3. The van der Waals surface area contributed by atoms with Crippen LogP contribution in [0.25, 0.3) is 0 Å². The molecule has 0 aromatic rings. The van der Waals surface area contributed by atoms with E-state index in [0.717, 1.165) is 12.0 Å². The molecule has 7 nitrogen and oxygen atoms in total. The van der Waals surface area contributed by atoms with Crippen molar-refractivity contribution in [1.82, 2.24) is 10.2 Å². The van der Waals surface area contributed by atoms with E-state index in [-0.39, 0.29) is 11.1 Å². The second kappa shape index (κ2) is 6.45. The van der Waals surface area contributed by atoms with Crippen molar-refractivity contribution in [2.75, 3.05) is 5.75 Å². The number of rotatable bonds is 4. The molecule has 3 atom stereocenters. The van der Waals surface area contributed by atoms with Crippen molar-refractivity contribution in [1.29, 1.82) is 0 Å². The number of carboxylic acid groups (broad SMARTS) is 1. The third-order valence-corrected chi connectivity index (χ3v) is 5.80. The molecule has 8 heteroatoms. The lowest BCUT2D eigenvalue weighted by atomic mass is 9.97. The number of thioether (sulfide) groups is 1. The smallest absolute Gasteiger partial charge is 0.352 e. The zero-order valence-electron chi connectivity index (χ0n) is 13.2. The van der Waals surface area contributed by atoms with E-state index >= 15 is 0 Å². The minimum atomic E-state index is -1.12. The largest absolute Gasteiger partial charge is 0.477 e. The van der Waals surface area contributed by atoms with Crippen LogP contribution in [0.2, 0.25) is 0 Å². The van der Waals surface area contributed by atoms with E-state index in [0.29, 0.717) is 17.7 Å². The summed E-state index contributed by atoms with van der Waals surface area (Å²) >= 11 is 1.45. The number of nitrogens with zero attached hydrogens (tertiary/aromatic N) is 1. The van der Waals surface area contributed by atoms with Crippen LogP contribution >= 0.6 is 11.8 Å². The molecule has 3 aliphatic rings. The van der Waals surface area contributed by atoms with Gasteiger partial charge in [0.2, 0.25) is 5.91 Å². The van der Waals surface area contributed by atoms with E-state index in [1.807, 2.05) is 18.2 Å². The molecule has 2 amide bonds. The van der Waals surface area contributed by atoms with Gasteiger partial charge in [-0.3, -0.25) is 14.5 Å². The fraction of sp³-hybridized carbons (Fsp3) is 0.438. The van der Waals surface area contributed by atoms with Gasteiger partial charge in [0.05, 0.1) is 0 Å². The summed E-state index contributed by atoms with van der Waals surface area (Å²) in [7, 11) is 0. The Morgan fingerprint density at radius 3 is 2.83 bits per heavy atom. The third kappa shape index (κ3) is 2.76. The van der Waals surface area contributed by atoms with Gasteiger partial charge in [0.15, 0.2) is 0 Å². The SMILES string of the molecule is CC1=C(C(=O)O)N2C(=O)[C@@H](NC(=O)[C@H](N)C3=CCC=CC3)C2SC1. The molecule has 128 valence electrons. The Kier molecular flexibility index (Phi) is 4.51. The highest BCUT2D eigenvalue weighted by molar-refractivity contribution is 8.00. The molecule has 1 unspecified atom stereocenters. The molecule has 2 heterocycles. The number of carboxylic acids is 1. The number of carbonyl (C=O) groups excluding carboxylic acids is 2. The summed E-state index contributed by atoms with van der Waals surface area (Å²) in [6.45, 7) is 1.70. The Bertz CT molecular complexity index is 697. The van der Waals surface area contributed by atoms with Gasteiger partial charge in [-0.05, 0) is 30.9 Å². The predicted molar refractivity (Wildman–Crippen MR) is 89.8 cm³/mol. The second-order valence-corrected chi connectivity index (χ2v) is 7.10. The van der Waals surface area contributed by atoms with Crippen molar-refractivity contribution in [3.8, 4) is 0 Å². The molecule has 0 aromatic carbocycles. The van der Waals surface area contributed by atoms with Crippen molar-refractivity contribution >= 4 is 29.5 Å². The Morgan fingerprint density at radius 2 is 2.21 bits per heavy atom. The third-order valence-electron chi connectivity index (χ3n) is 4.38. The van der Waals surface area contributed by atoms with Gasteiger partial charge in [-0.15, -0.1) is 11.8 Å². The van der Waals surface area contributed by atoms with Crippen molar-refractivity contribution in [2.24, 2.45) is 5.73 Å². The molecule has 0 saturated carbocycles. The molecule has 1 saturated heterocycles. The molecule has 2 aliphatic heterocycles. The van der Waals surface area contributed by atoms with E-state index in [4.69, 9.17) is 5.73 Å². The van der Waals surface area contributed by atoms with Gasteiger partial charge < -0.3 is 16.2 Å². The van der Waals surface area contributed by atoms with Gasteiger partial charge in [-0.1, -0.05) is 18.2 Å². The summed E-state index contributed by atoms with van der Waals surface area (Å²) in [6.07, 6.45) is 7.26. The van der Waals surface area contributed by atoms with Crippen LogP contribution in [0.3, 0.4) is 0 Å². The standard InChI is InChI=1S/C16H19N3O4S/c1-8-7-24-15-11(14(21)19(15)12(8)16(22)23)18-13(20)10(17)9-5-3-2-4-6-9/h2-3,6,10-11,15H,4-5,7,17H2,1H3,(H,18,20)(H,22,23)/t10-,11-,15?/m1/s1. The van der Waals surface area contributed by atoms with Gasteiger partial charge in [0, 0.05) is 5.75 Å². The maximum atomic E-state index is 12.3. The van der Waals surface area contributed by atoms with Gasteiger partial charge >= 0.3 is 5.97 Å². The lowest BCUT2D eigenvalue weighted by Gasteiger charge is -2.49. The summed E-state index contributed by atoms with van der Waals surface area (Å²) in [5, 5.41) is 11.6. The number of β-lactam (4-membered cyclic amide) rings is 1. The molecule has 1 aliphatic carbocycles. The van der Waals surface area contributed by atoms with Crippen molar-refractivity contribution in [3.05, 3.63) is 35.1 Å². The zero-order chi connectivity index (χ0) is 17.4. The summed E-state index contributed by atoms with van der Waals surface area (Å²) < 4.78 is 0. The summed E-state index contributed by atoms with van der Waals surface area (Å²) in [6, 6.07) is -1.52. The number of nitrogens with two attached hydrogens (primary N) is 1. The number of nitrogens with one attached hydrogen (secondary N) is 1. The van der Waals surface area contributed by atoms with Crippen LogP contribution in [0, 0.1) is 0 Å². The number of aliphatic carboxylic acids is 1. The molecule has 3 rings (SSSR count). The van der Waals surface area contributed by atoms with Crippen LogP contribution in [0.15, 0.2) is 35.1 Å². The molecular formula is C16H19N3O4S. The lowest BCUT2D eigenvalue weighted by molar-refractivity contribution is -0.150. The van der Waals surface area contributed by atoms with Crippen molar-refractivity contribution in [2.45, 2.75) is 37.2 Å². The highest BCUT2D eigenvalue weighted by Crippen LogP contribution is 2.40. The second-order valence-electron chi connectivity index (χ2n) is 6.00. The minimum Gasteiger partial charge on any atom is -0.477 e. The highest BCUT2D eigenvalue weighted by atomic mass is 32.2. The quantitative estimate of drug-likeness (QED) is 0.499. The minimum absolute atomic E-state index is 0.0265. The summed E-state index contributed by atoms with van der Waals surface area (Å²) in [5.41, 5.74) is 7.49. The molecule has 0 spiro atoms. The van der Waals surface area contributed by atoms with Gasteiger partial charge in [-0.25, -0.2) is 4.79 Å². The zero-order valence-corrected chi connectivity index (χ0v) is 14.0. The van der Waals surface area contributed by atoms with Crippen LogP contribution in [0.1, 0.15) is 19.8 Å². The first-order valence-corrected chi connectivity index (χ1v) is 8.74. The van der Waals surface area contributed by atoms with E-state index < -0.39 is 29.9 Å². The first-order chi connectivity index (χ1) is 11.4. The average molecular weight is 349 g/mol. The Hall–Kier alpha value is -2.06. The average Bonchev–Trinajstić information content (AvgIpc) is 2.59. The lowest BCUT2D eigenvalue weighted by Crippen LogP contribution is -2.71. The van der Waals surface area contributed by atoms with Crippen LogP contribution in [-0.2, 0) is 14.4 Å². The number of hydrogen-bond acceptors (Lipinski definition) is 5. The van der Waals surface area contributed by atoms with E-state index in [1.165, 1.54) is 16.7 Å². The first kappa shape index (κ1) is 16.8. The molecule has 4 N–H and O–H groups in total. The first-order valence-electron chi connectivity index (χ1n) is 7.69. The van der Waals surface area contributed by atoms with Gasteiger partial charge in [0.25, 0.3) is 5.91 Å². The van der Waals surface area contributed by atoms with Crippen molar-refractivity contribution < 1.29 is 19.5 Å². The summed E-state index contributed by atoms with van der Waals surface area (Å²) in [4.78, 5) is 37.3. The molecule has 1 fully saturated rings. The Morgan fingerprint density at radius 1 is 1.46 bits per heavy atom. The maximum absolute atomic E-state index is 12.3. The van der Waals surface area contributed by atoms with Crippen LogP contribution in [0.5, 0.6) is 0 Å². The van der Waals surface area contributed by atoms with E-state index in [1.54, 1.807) is 6.92 Å². The topological polar surface area (TPSA) is 113 Å². The fourth-order valence-corrected chi connectivity index (χ4v) is 4.35. The van der Waals surface area contributed by atoms with E-state index in [2.05, 4.69) is 5.32 Å². The molecule has 24 heavy (non-hydrogen) atoms. The van der Waals surface area contributed by atoms with Crippen molar-refractivity contribution in [3.63, 3.8) is 0 Å². The molecule has 0 bridgehead atoms. The Balaban J connectivity index is 1.68. The fourth-order valence-electron chi connectivity index (χ4n) is 3.06. The maximum Gasteiger partial charge on any atom is 0.352 e. The molecule has 0 aromatic heterocycles. The van der Waals surface area contributed by atoms with Crippen LogP contribution in [0.4, 0.5) is 0 Å². The monoisotopic (exact) mass is 349 g/mol. The highest BCUT2D eigenvalue weighted by Gasteiger charge is 2.53. The van der Waals surface area contributed by atoms with Gasteiger partial charge in [0.1, 0.15) is 23.2 Å². The molecular weight excluding hydrogens is 330 g/mol. The normalized spacial score (nSPS) is 27.2. The summed E-state index contributed by atoms with van der Waals surface area (Å²) in [5.74, 6) is -1.41. The van der Waals surface area contributed by atoms with Crippen LogP contribution in [-0.4, -0.2) is 51.0 Å². The van der Waals surface area contributed by atoms with Crippen LogP contribution < -0.4 is 11.1 Å². The number of fused-ring (bicyclic) bond motifs is 1. The number of hydrogen-bond donors (Lipinski definition) is 3.